The predicted octanol–water partition coefficient (Wildman–Crippen LogP) is 18.6. The van der Waals surface area contributed by atoms with Gasteiger partial charge in [-0.3, -0.25) is 14.2 Å². The summed E-state index contributed by atoms with van der Waals surface area (Å²) in [4.78, 5) is 40.0. The second-order valence-electron chi connectivity index (χ2n) is 21.5. The number of phosphoric ester groups is 1. The standard InChI is InChI=1S/C68H115N2O7P/c1-7-10-13-16-19-22-25-28-30-32-34-35-37-39-41-43-46-49-52-55-58-61-68(72)77-66(59-56-53-50-47-44-27-24-21-18-15-12-9-3)65(64-76-78(73,74)75-63-62-70(4,5)6)69-67(71)60-57-54-51-48-45-42-40-38-36-33-31-29-26-23-20-17-14-11-8-2/h10,13,19-20,22-23,28-31,34-36,38-39,41-42,45-46,49,56,59,65-66H,7-9,11-12,14-18,21,24-27,32-33,37,40,43-44,47-48,50-55,57-58,60-64H2,1-6H3,(H-,69,71,73,74)/b13-10-,22-19-,23-20-,30-28-,31-29-,35-34-,38-36-,41-39-,45-42-,49-46-,59-56+. The van der Waals surface area contributed by atoms with Gasteiger partial charge < -0.3 is 28.5 Å². The number of esters is 1. The van der Waals surface area contributed by atoms with Gasteiger partial charge in [0.2, 0.25) is 5.91 Å². The Bertz CT molecular complexity index is 1800. The zero-order valence-electron chi connectivity index (χ0n) is 50.6. The number of phosphoric acid groups is 1. The summed E-state index contributed by atoms with van der Waals surface area (Å²) >= 11 is 0. The summed E-state index contributed by atoms with van der Waals surface area (Å²) in [6.07, 6.45) is 79.9. The highest BCUT2D eigenvalue weighted by molar-refractivity contribution is 7.45. The molecule has 0 aromatic rings. The molecule has 0 aliphatic heterocycles. The van der Waals surface area contributed by atoms with Crippen molar-refractivity contribution in [2.24, 2.45) is 0 Å². The number of hydrogen-bond acceptors (Lipinski definition) is 7. The molecule has 0 radical (unpaired) electrons. The van der Waals surface area contributed by atoms with Crippen molar-refractivity contribution in [2.75, 3.05) is 40.9 Å². The van der Waals surface area contributed by atoms with E-state index in [1.54, 1.807) is 6.08 Å². The SMILES string of the molecule is CC/C=C\C/C=C\C/C=C\C/C=C\C/C=C\C/C=C\CCCCC(=O)OC(/C=C/CCCCCCCCCCCC)C(COP(=O)([O-])OCC[N+](C)(C)C)NC(=O)CCCCC/C=C\C/C=C\C/C=C\C/C=C\CCCCC. The average molecular weight is 1100 g/mol. The summed E-state index contributed by atoms with van der Waals surface area (Å²) in [5.41, 5.74) is 0. The number of quaternary nitrogens is 1. The summed E-state index contributed by atoms with van der Waals surface area (Å²) in [6.45, 7) is 6.62. The predicted molar refractivity (Wildman–Crippen MR) is 334 cm³/mol. The van der Waals surface area contributed by atoms with Crippen molar-refractivity contribution >= 4 is 19.7 Å². The molecule has 3 unspecified atom stereocenters. The van der Waals surface area contributed by atoms with E-state index in [0.29, 0.717) is 23.9 Å². The molecule has 0 saturated carbocycles. The molecule has 444 valence electrons. The Morgan fingerprint density at radius 2 is 0.821 bits per heavy atom. The fourth-order valence-electron chi connectivity index (χ4n) is 8.04. The van der Waals surface area contributed by atoms with Crippen molar-refractivity contribution in [3.05, 3.63) is 134 Å². The molecular formula is C68H115N2O7P. The summed E-state index contributed by atoms with van der Waals surface area (Å²) in [6, 6.07) is -0.933. The van der Waals surface area contributed by atoms with E-state index in [9.17, 15) is 19.0 Å². The van der Waals surface area contributed by atoms with Crippen molar-refractivity contribution in [3.8, 4) is 0 Å². The van der Waals surface area contributed by atoms with Gasteiger partial charge in [0.15, 0.2) is 0 Å². The number of nitrogens with zero attached hydrogens (tertiary/aromatic N) is 1. The Morgan fingerprint density at radius 1 is 0.462 bits per heavy atom. The minimum Gasteiger partial charge on any atom is -0.756 e. The molecule has 1 N–H and O–H groups in total. The van der Waals surface area contributed by atoms with Crippen molar-refractivity contribution in [3.63, 3.8) is 0 Å². The largest absolute Gasteiger partial charge is 0.756 e. The minimum absolute atomic E-state index is 0.0435. The van der Waals surface area contributed by atoms with Gasteiger partial charge in [-0.25, -0.2) is 0 Å². The summed E-state index contributed by atoms with van der Waals surface area (Å²) in [7, 11) is 1.12. The van der Waals surface area contributed by atoms with E-state index in [1.165, 1.54) is 77.0 Å². The highest BCUT2D eigenvalue weighted by Crippen LogP contribution is 2.38. The maximum absolute atomic E-state index is 13.5. The monoisotopic (exact) mass is 1100 g/mol. The lowest BCUT2D eigenvalue weighted by atomic mass is 10.1. The van der Waals surface area contributed by atoms with Crippen LogP contribution in [0.25, 0.3) is 0 Å². The number of likely N-dealkylation sites (N-methyl/N-ethyl adjacent to an activating group) is 1. The Labute approximate surface area is 479 Å². The number of carbonyl (C=O) groups excluding carboxylic acids is 2. The highest BCUT2D eigenvalue weighted by Gasteiger charge is 2.27. The average Bonchev–Trinajstić information content (AvgIpc) is 3.40. The van der Waals surface area contributed by atoms with Crippen molar-refractivity contribution < 1.29 is 37.3 Å². The molecule has 0 aliphatic carbocycles. The number of rotatable bonds is 54. The number of ether oxygens (including phenoxy) is 1. The van der Waals surface area contributed by atoms with Crippen LogP contribution in [0, 0.1) is 0 Å². The van der Waals surface area contributed by atoms with Crippen LogP contribution >= 0.6 is 7.82 Å². The van der Waals surface area contributed by atoms with Gasteiger partial charge in [-0.15, -0.1) is 0 Å². The molecular weight excluding hydrogens is 988 g/mol. The third-order valence-corrected chi connectivity index (χ3v) is 13.8. The van der Waals surface area contributed by atoms with Crippen molar-refractivity contribution in [2.45, 2.75) is 245 Å². The molecule has 0 aromatic heterocycles. The molecule has 1 amide bonds. The van der Waals surface area contributed by atoms with E-state index < -0.39 is 32.5 Å². The molecule has 0 spiro atoms. The van der Waals surface area contributed by atoms with Gasteiger partial charge in [-0.1, -0.05) is 225 Å². The molecule has 10 heteroatoms. The molecule has 0 aliphatic rings. The van der Waals surface area contributed by atoms with Gasteiger partial charge >= 0.3 is 5.97 Å². The van der Waals surface area contributed by atoms with Crippen LogP contribution < -0.4 is 10.2 Å². The summed E-state index contributed by atoms with van der Waals surface area (Å²) < 4.78 is 30.2. The fraction of sp³-hybridized carbons (Fsp3) is 0.647. The first kappa shape index (κ1) is 74.2. The smallest absolute Gasteiger partial charge is 0.306 e. The van der Waals surface area contributed by atoms with E-state index >= 15 is 0 Å². The fourth-order valence-corrected chi connectivity index (χ4v) is 8.76. The Morgan fingerprint density at radius 3 is 1.27 bits per heavy atom. The maximum Gasteiger partial charge on any atom is 0.306 e. The van der Waals surface area contributed by atoms with Crippen LogP contribution in [0.5, 0.6) is 0 Å². The topological polar surface area (TPSA) is 114 Å². The molecule has 0 heterocycles. The van der Waals surface area contributed by atoms with E-state index in [1.807, 2.05) is 27.2 Å². The number of amides is 1. The summed E-state index contributed by atoms with van der Waals surface area (Å²) in [5, 5.41) is 2.99. The van der Waals surface area contributed by atoms with E-state index in [0.717, 1.165) is 109 Å². The van der Waals surface area contributed by atoms with Gasteiger partial charge in [-0.05, 0) is 128 Å². The molecule has 9 nitrogen and oxygen atoms in total. The van der Waals surface area contributed by atoms with E-state index in [-0.39, 0.29) is 25.4 Å². The van der Waals surface area contributed by atoms with Crippen molar-refractivity contribution in [1.82, 2.24) is 5.32 Å². The van der Waals surface area contributed by atoms with Gasteiger partial charge in [0.25, 0.3) is 7.82 Å². The van der Waals surface area contributed by atoms with Crippen LogP contribution in [-0.4, -0.2) is 69.4 Å². The lowest BCUT2D eigenvalue weighted by molar-refractivity contribution is -0.870. The molecule has 78 heavy (non-hydrogen) atoms. The molecule has 3 atom stereocenters. The third kappa shape index (κ3) is 56.9. The third-order valence-electron chi connectivity index (χ3n) is 12.8. The number of unbranched alkanes of at least 4 members (excludes halogenated alkanes) is 18. The Hall–Kier alpha value is -3.85. The van der Waals surface area contributed by atoms with Crippen LogP contribution in [-0.2, 0) is 27.9 Å². The van der Waals surface area contributed by atoms with Crippen LogP contribution in [0.15, 0.2) is 134 Å². The van der Waals surface area contributed by atoms with Crippen molar-refractivity contribution in [1.29, 1.82) is 0 Å². The first-order valence-electron chi connectivity index (χ1n) is 31.0. The van der Waals surface area contributed by atoms with Crippen LogP contribution in [0.1, 0.15) is 233 Å². The van der Waals surface area contributed by atoms with E-state index in [2.05, 4.69) is 148 Å². The summed E-state index contributed by atoms with van der Waals surface area (Å²) in [5.74, 6) is -0.638. The van der Waals surface area contributed by atoms with Crippen LogP contribution in [0.3, 0.4) is 0 Å². The lowest BCUT2D eigenvalue weighted by Crippen LogP contribution is -2.47. The lowest BCUT2D eigenvalue weighted by Gasteiger charge is -2.30. The number of hydrogen-bond donors (Lipinski definition) is 1. The van der Waals surface area contributed by atoms with Gasteiger partial charge in [-0.2, -0.15) is 0 Å². The first-order chi connectivity index (χ1) is 37.9. The first-order valence-corrected chi connectivity index (χ1v) is 32.5. The zero-order valence-corrected chi connectivity index (χ0v) is 51.5. The van der Waals surface area contributed by atoms with Crippen LogP contribution in [0.4, 0.5) is 0 Å². The molecule has 0 aromatic carbocycles. The van der Waals surface area contributed by atoms with E-state index in [4.69, 9.17) is 13.8 Å². The number of allylic oxidation sites excluding steroid dienone is 21. The normalized spacial score (nSPS) is 14.6. The molecule has 0 bridgehead atoms. The van der Waals surface area contributed by atoms with Crippen LogP contribution in [0.2, 0.25) is 0 Å². The maximum atomic E-state index is 13.5. The van der Waals surface area contributed by atoms with Gasteiger partial charge in [0.1, 0.15) is 19.3 Å². The Balaban J connectivity index is 5.42. The number of nitrogens with one attached hydrogen (secondary N) is 1. The second-order valence-corrected chi connectivity index (χ2v) is 22.9. The minimum atomic E-state index is -4.73. The zero-order chi connectivity index (χ0) is 57.2. The highest BCUT2D eigenvalue weighted by atomic mass is 31.2. The Kier molecular flexibility index (Phi) is 53.6. The molecule has 0 fully saturated rings. The molecule has 0 rings (SSSR count). The number of carbonyl (C=O) groups is 2. The quantitative estimate of drug-likeness (QED) is 0.0212. The second kappa shape index (κ2) is 56.4. The van der Waals surface area contributed by atoms with Gasteiger partial charge in [0.05, 0.1) is 33.8 Å². The molecule has 0 saturated heterocycles. The van der Waals surface area contributed by atoms with Gasteiger partial charge in [0, 0.05) is 12.8 Å².